The van der Waals surface area contributed by atoms with Crippen molar-refractivity contribution in [3.05, 3.63) is 18.2 Å². The summed E-state index contributed by atoms with van der Waals surface area (Å²) in [6.45, 7) is 9.21. The lowest BCUT2D eigenvalue weighted by Gasteiger charge is -2.02. The third-order valence-corrected chi connectivity index (χ3v) is 5.65. The third-order valence-electron chi connectivity index (χ3n) is 4.70. The molecule has 1 aliphatic carbocycles. The van der Waals surface area contributed by atoms with Crippen LogP contribution in [-0.4, -0.2) is 11.0 Å². The van der Waals surface area contributed by atoms with Crippen molar-refractivity contribution < 1.29 is 0 Å². The maximum absolute atomic E-state index is 5.79. The van der Waals surface area contributed by atoms with Crippen LogP contribution in [0.3, 0.4) is 0 Å². The highest BCUT2D eigenvalue weighted by Gasteiger charge is 2.65. The number of benzene rings is 1. The van der Waals surface area contributed by atoms with Gasteiger partial charge in [-0.1, -0.05) is 39.0 Å². The van der Waals surface area contributed by atoms with Gasteiger partial charge in [0.1, 0.15) is 0 Å². The predicted molar refractivity (Wildman–Crippen MR) is 79.0 cm³/mol. The summed E-state index contributed by atoms with van der Waals surface area (Å²) in [5, 5.41) is 4.57. The summed E-state index contributed by atoms with van der Waals surface area (Å²) in [4.78, 5) is 4.62. The number of rotatable bonds is 2. The molecule has 0 unspecified atom stereocenters. The molecule has 18 heavy (non-hydrogen) atoms. The lowest BCUT2D eigenvalue weighted by Crippen LogP contribution is -2.09. The fourth-order valence-electron chi connectivity index (χ4n) is 2.68. The van der Waals surface area contributed by atoms with Gasteiger partial charge >= 0.3 is 0 Å². The van der Waals surface area contributed by atoms with Crippen LogP contribution in [0, 0.1) is 10.8 Å². The second-order valence-corrected chi connectivity index (χ2v) is 7.30. The van der Waals surface area contributed by atoms with Crippen molar-refractivity contribution in [1.29, 1.82) is 0 Å². The molecule has 0 atom stereocenters. The molecule has 2 aromatic rings. The summed E-state index contributed by atoms with van der Waals surface area (Å²) >= 11 is 1.68. The van der Waals surface area contributed by atoms with Crippen molar-refractivity contribution >= 4 is 32.4 Å². The van der Waals surface area contributed by atoms with Gasteiger partial charge in [0.25, 0.3) is 0 Å². The number of hydrogen-bond acceptors (Lipinski definition) is 4. The Bertz CT molecular complexity index is 599. The summed E-state index contributed by atoms with van der Waals surface area (Å²) in [6.07, 6.45) is 0. The van der Waals surface area contributed by atoms with Crippen LogP contribution in [0.2, 0.25) is 0 Å². The molecule has 1 aromatic heterocycles. The standard InChI is InChI=1S/C14H19N3S/c1-13(2)11(14(13,3)4)17-12-16-9-6-5-8(15)7-10(9)18-12/h5-7,11H,15H2,1-4H3,(H,16,17). The maximum Gasteiger partial charge on any atom is 0.184 e. The Labute approximate surface area is 111 Å². The first-order valence-corrected chi connectivity index (χ1v) is 7.06. The van der Waals surface area contributed by atoms with Crippen molar-refractivity contribution in [1.82, 2.24) is 4.98 Å². The summed E-state index contributed by atoms with van der Waals surface area (Å²) in [5.74, 6) is 0. The first-order valence-electron chi connectivity index (χ1n) is 6.25. The van der Waals surface area contributed by atoms with E-state index in [0.717, 1.165) is 21.0 Å². The zero-order valence-electron chi connectivity index (χ0n) is 11.2. The van der Waals surface area contributed by atoms with Gasteiger partial charge in [-0.2, -0.15) is 0 Å². The first kappa shape index (κ1) is 11.8. The van der Waals surface area contributed by atoms with E-state index in [2.05, 4.69) is 38.0 Å². The van der Waals surface area contributed by atoms with E-state index in [-0.39, 0.29) is 0 Å². The van der Waals surface area contributed by atoms with Gasteiger partial charge in [0.05, 0.1) is 10.2 Å². The van der Waals surface area contributed by atoms with Crippen LogP contribution in [0.1, 0.15) is 27.7 Å². The van der Waals surface area contributed by atoms with Gasteiger partial charge < -0.3 is 11.1 Å². The fourth-order valence-corrected chi connectivity index (χ4v) is 3.63. The number of aromatic nitrogens is 1. The van der Waals surface area contributed by atoms with Gasteiger partial charge in [-0.3, -0.25) is 0 Å². The largest absolute Gasteiger partial charge is 0.399 e. The Morgan fingerprint density at radius 2 is 1.89 bits per heavy atom. The molecule has 4 heteroatoms. The molecule has 1 aliphatic rings. The highest BCUT2D eigenvalue weighted by Crippen LogP contribution is 2.63. The van der Waals surface area contributed by atoms with Crippen molar-refractivity contribution in [2.75, 3.05) is 11.1 Å². The van der Waals surface area contributed by atoms with Gasteiger partial charge in [-0.25, -0.2) is 4.98 Å². The molecule has 3 N–H and O–H groups in total. The minimum atomic E-state index is 0.323. The Kier molecular flexibility index (Phi) is 2.21. The van der Waals surface area contributed by atoms with Crippen molar-refractivity contribution in [3.63, 3.8) is 0 Å². The molecular weight excluding hydrogens is 242 g/mol. The zero-order valence-corrected chi connectivity index (χ0v) is 12.1. The van der Waals surface area contributed by atoms with Crippen LogP contribution in [0.25, 0.3) is 10.2 Å². The minimum absolute atomic E-state index is 0.323. The van der Waals surface area contributed by atoms with Crippen LogP contribution in [-0.2, 0) is 0 Å². The summed E-state index contributed by atoms with van der Waals surface area (Å²) < 4.78 is 1.15. The number of thiazole rings is 1. The molecule has 1 heterocycles. The number of nitrogens with zero attached hydrogens (tertiary/aromatic N) is 1. The lowest BCUT2D eigenvalue weighted by molar-refractivity contribution is 0.457. The molecule has 1 saturated carbocycles. The molecule has 0 spiro atoms. The van der Waals surface area contributed by atoms with Gasteiger partial charge in [-0.05, 0) is 29.0 Å². The molecule has 0 radical (unpaired) electrons. The normalized spacial score (nSPS) is 21.1. The SMILES string of the molecule is CC1(C)C(Nc2nc3ccc(N)cc3s2)C1(C)C. The van der Waals surface area contributed by atoms with E-state index in [1.165, 1.54) is 0 Å². The Balaban J connectivity index is 1.89. The van der Waals surface area contributed by atoms with Crippen LogP contribution < -0.4 is 11.1 Å². The molecule has 3 rings (SSSR count). The molecular formula is C14H19N3S. The average Bonchev–Trinajstić information content (AvgIpc) is 2.64. The highest BCUT2D eigenvalue weighted by molar-refractivity contribution is 7.22. The highest BCUT2D eigenvalue weighted by atomic mass is 32.1. The number of hydrogen-bond donors (Lipinski definition) is 2. The monoisotopic (exact) mass is 261 g/mol. The molecule has 0 aliphatic heterocycles. The smallest absolute Gasteiger partial charge is 0.184 e. The van der Waals surface area contributed by atoms with E-state index in [4.69, 9.17) is 5.73 Å². The Hall–Kier alpha value is -1.29. The number of anilines is 2. The maximum atomic E-state index is 5.79. The minimum Gasteiger partial charge on any atom is -0.399 e. The summed E-state index contributed by atoms with van der Waals surface area (Å²) in [6, 6.07) is 6.36. The molecule has 0 saturated heterocycles. The van der Waals surface area contributed by atoms with Crippen molar-refractivity contribution in [2.45, 2.75) is 33.7 Å². The zero-order chi connectivity index (χ0) is 13.1. The van der Waals surface area contributed by atoms with Crippen LogP contribution in [0.15, 0.2) is 18.2 Å². The molecule has 0 bridgehead atoms. The number of nitrogens with one attached hydrogen (secondary N) is 1. The second-order valence-electron chi connectivity index (χ2n) is 6.27. The summed E-state index contributed by atoms with van der Waals surface area (Å²) in [7, 11) is 0. The lowest BCUT2D eigenvalue weighted by atomic mass is 10.0. The Morgan fingerprint density at radius 1 is 1.22 bits per heavy atom. The van der Waals surface area contributed by atoms with Crippen molar-refractivity contribution in [2.24, 2.45) is 10.8 Å². The number of nitrogen functional groups attached to an aromatic ring is 1. The van der Waals surface area contributed by atoms with E-state index in [0.29, 0.717) is 16.9 Å². The van der Waals surface area contributed by atoms with Gasteiger partial charge in [0.15, 0.2) is 5.13 Å². The van der Waals surface area contributed by atoms with E-state index in [1.807, 2.05) is 18.2 Å². The van der Waals surface area contributed by atoms with E-state index >= 15 is 0 Å². The van der Waals surface area contributed by atoms with Gasteiger partial charge in [0, 0.05) is 11.7 Å². The van der Waals surface area contributed by atoms with Gasteiger partial charge in [-0.15, -0.1) is 0 Å². The third kappa shape index (κ3) is 1.52. The van der Waals surface area contributed by atoms with E-state index in [9.17, 15) is 0 Å². The number of fused-ring (bicyclic) bond motifs is 1. The predicted octanol–water partition coefficient (Wildman–Crippen LogP) is 3.73. The number of nitrogens with two attached hydrogens (primary N) is 1. The average molecular weight is 261 g/mol. The Morgan fingerprint density at radius 3 is 2.50 bits per heavy atom. The second kappa shape index (κ2) is 3.38. The van der Waals surface area contributed by atoms with E-state index in [1.54, 1.807) is 11.3 Å². The van der Waals surface area contributed by atoms with E-state index < -0.39 is 0 Å². The summed E-state index contributed by atoms with van der Waals surface area (Å²) in [5.41, 5.74) is 8.26. The molecule has 1 fully saturated rings. The quantitative estimate of drug-likeness (QED) is 0.810. The topological polar surface area (TPSA) is 50.9 Å². The molecule has 0 amide bonds. The fraction of sp³-hybridized carbons (Fsp3) is 0.500. The molecule has 96 valence electrons. The van der Waals surface area contributed by atoms with Crippen LogP contribution in [0.4, 0.5) is 10.8 Å². The van der Waals surface area contributed by atoms with Crippen molar-refractivity contribution in [3.8, 4) is 0 Å². The van der Waals surface area contributed by atoms with Gasteiger partial charge in [0.2, 0.25) is 0 Å². The van der Waals surface area contributed by atoms with Crippen LogP contribution in [0.5, 0.6) is 0 Å². The van der Waals surface area contributed by atoms with Crippen LogP contribution >= 0.6 is 11.3 Å². The molecule has 1 aromatic carbocycles. The molecule has 3 nitrogen and oxygen atoms in total. The first-order chi connectivity index (χ1) is 8.32.